The molecule has 1 heterocycles. The smallest absolute Gasteiger partial charge is 0.305 e. The molecule has 184 valence electrons. The molecule has 0 saturated heterocycles. The van der Waals surface area contributed by atoms with E-state index in [4.69, 9.17) is 4.42 Å². The second kappa shape index (κ2) is 10.6. The van der Waals surface area contributed by atoms with E-state index in [1.807, 2.05) is 30.3 Å². The summed E-state index contributed by atoms with van der Waals surface area (Å²) in [7, 11) is 0. The molecule has 3 N–H and O–H groups in total. The van der Waals surface area contributed by atoms with Crippen molar-refractivity contribution in [2.45, 2.75) is 32.6 Å². The van der Waals surface area contributed by atoms with Gasteiger partial charge in [0.15, 0.2) is 5.76 Å². The summed E-state index contributed by atoms with van der Waals surface area (Å²) in [4.78, 5) is 47.7. The number of nitro benzene ring substituents is 1. The SMILES string of the molecule is Cc1c(C(=O)NNC(=O)Cc2ccccc2)oc2c1/C(=N/NC(=O)c1cccc([N+](=O)[O-])c1)CCC2. The molecule has 0 spiro atoms. The van der Waals surface area contributed by atoms with E-state index in [2.05, 4.69) is 21.4 Å². The molecule has 0 radical (unpaired) electrons. The molecular weight excluding hydrogens is 466 g/mol. The molecule has 1 aromatic heterocycles. The Morgan fingerprint density at radius 3 is 2.56 bits per heavy atom. The van der Waals surface area contributed by atoms with Crippen molar-refractivity contribution in [3.63, 3.8) is 0 Å². The van der Waals surface area contributed by atoms with Crippen LogP contribution in [0.25, 0.3) is 0 Å². The number of nitro groups is 1. The van der Waals surface area contributed by atoms with Crippen molar-refractivity contribution in [1.82, 2.24) is 16.3 Å². The first-order valence-electron chi connectivity index (χ1n) is 11.2. The number of furan rings is 1. The third kappa shape index (κ3) is 5.46. The number of nitrogens with zero attached hydrogens (tertiary/aromatic N) is 2. The number of benzene rings is 2. The zero-order chi connectivity index (χ0) is 25.7. The van der Waals surface area contributed by atoms with E-state index in [9.17, 15) is 24.5 Å². The number of non-ortho nitro benzene ring substituents is 1. The van der Waals surface area contributed by atoms with Crippen LogP contribution in [-0.4, -0.2) is 28.4 Å². The normalized spacial score (nSPS) is 13.5. The Balaban J connectivity index is 1.45. The van der Waals surface area contributed by atoms with Gasteiger partial charge in [0, 0.05) is 35.2 Å². The quantitative estimate of drug-likeness (QED) is 0.357. The fourth-order valence-corrected chi connectivity index (χ4v) is 3.95. The monoisotopic (exact) mass is 489 g/mol. The number of hydrogen-bond donors (Lipinski definition) is 3. The van der Waals surface area contributed by atoms with Gasteiger partial charge in [-0.2, -0.15) is 5.10 Å². The molecule has 11 nitrogen and oxygen atoms in total. The first-order chi connectivity index (χ1) is 17.3. The number of aryl methyl sites for hydroxylation is 1. The molecule has 11 heteroatoms. The van der Waals surface area contributed by atoms with Crippen molar-refractivity contribution in [3.05, 3.63) is 98.5 Å². The van der Waals surface area contributed by atoms with Crippen LogP contribution in [-0.2, 0) is 17.6 Å². The summed E-state index contributed by atoms with van der Waals surface area (Å²) in [6.45, 7) is 1.70. The van der Waals surface area contributed by atoms with Crippen molar-refractivity contribution >= 4 is 29.1 Å². The first kappa shape index (κ1) is 24.3. The van der Waals surface area contributed by atoms with E-state index in [0.29, 0.717) is 41.9 Å². The van der Waals surface area contributed by atoms with Crippen LogP contribution in [0.3, 0.4) is 0 Å². The molecule has 2 aromatic carbocycles. The Labute approximate surface area is 205 Å². The molecule has 1 aliphatic carbocycles. The molecular formula is C25H23N5O6. The molecule has 0 bridgehead atoms. The molecule has 0 aliphatic heterocycles. The Hall–Kier alpha value is -4.80. The van der Waals surface area contributed by atoms with E-state index in [0.717, 1.165) is 5.56 Å². The van der Waals surface area contributed by atoms with E-state index >= 15 is 0 Å². The topological polar surface area (TPSA) is 156 Å². The average molecular weight is 489 g/mol. The third-order valence-electron chi connectivity index (χ3n) is 5.67. The summed E-state index contributed by atoms with van der Waals surface area (Å²) in [6, 6.07) is 14.4. The highest BCUT2D eigenvalue weighted by Gasteiger charge is 2.28. The van der Waals surface area contributed by atoms with Gasteiger partial charge in [0.25, 0.3) is 11.6 Å². The zero-order valence-corrected chi connectivity index (χ0v) is 19.4. The molecule has 3 aromatic rings. The number of hydrazone groups is 1. The number of carbonyl (C=O) groups excluding carboxylic acids is 3. The lowest BCUT2D eigenvalue weighted by molar-refractivity contribution is -0.384. The maximum Gasteiger partial charge on any atom is 0.305 e. The Morgan fingerprint density at radius 1 is 1.03 bits per heavy atom. The van der Waals surface area contributed by atoms with Gasteiger partial charge in [-0.25, -0.2) is 5.43 Å². The number of amides is 3. The van der Waals surface area contributed by atoms with Crippen molar-refractivity contribution in [2.75, 3.05) is 0 Å². The van der Waals surface area contributed by atoms with Gasteiger partial charge in [0.2, 0.25) is 5.91 Å². The number of hydrazine groups is 1. The van der Waals surface area contributed by atoms with Gasteiger partial charge in [-0.1, -0.05) is 36.4 Å². The number of fused-ring (bicyclic) bond motifs is 1. The lowest BCUT2D eigenvalue weighted by atomic mass is 9.93. The molecule has 36 heavy (non-hydrogen) atoms. The summed E-state index contributed by atoms with van der Waals surface area (Å²) in [5.74, 6) is -0.987. The van der Waals surface area contributed by atoms with Crippen LogP contribution in [0.4, 0.5) is 5.69 Å². The summed E-state index contributed by atoms with van der Waals surface area (Å²) >= 11 is 0. The van der Waals surface area contributed by atoms with Crippen LogP contribution in [0.2, 0.25) is 0 Å². The van der Waals surface area contributed by atoms with Gasteiger partial charge < -0.3 is 4.42 Å². The van der Waals surface area contributed by atoms with E-state index in [-0.39, 0.29) is 29.3 Å². The van der Waals surface area contributed by atoms with Crippen LogP contribution in [0, 0.1) is 17.0 Å². The summed E-state index contributed by atoms with van der Waals surface area (Å²) in [5.41, 5.74) is 9.58. The van der Waals surface area contributed by atoms with Crippen molar-refractivity contribution in [1.29, 1.82) is 0 Å². The van der Waals surface area contributed by atoms with Crippen LogP contribution < -0.4 is 16.3 Å². The first-order valence-corrected chi connectivity index (χ1v) is 11.2. The van der Waals surface area contributed by atoms with Crippen LogP contribution in [0.1, 0.15) is 56.2 Å². The molecule has 4 rings (SSSR count). The predicted octanol–water partition coefficient (Wildman–Crippen LogP) is 2.97. The number of rotatable bonds is 6. The maximum atomic E-state index is 12.7. The fourth-order valence-electron chi connectivity index (χ4n) is 3.95. The Morgan fingerprint density at radius 2 is 1.81 bits per heavy atom. The second-order valence-electron chi connectivity index (χ2n) is 8.18. The largest absolute Gasteiger partial charge is 0.455 e. The highest BCUT2D eigenvalue weighted by molar-refractivity contribution is 6.07. The number of hydrogen-bond acceptors (Lipinski definition) is 7. The second-order valence-corrected chi connectivity index (χ2v) is 8.18. The molecule has 0 saturated carbocycles. The summed E-state index contributed by atoms with van der Waals surface area (Å²) in [5, 5.41) is 15.2. The highest BCUT2D eigenvalue weighted by atomic mass is 16.6. The van der Waals surface area contributed by atoms with Crippen LogP contribution >= 0.6 is 0 Å². The zero-order valence-electron chi connectivity index (χ0n) is 19.4. The Bertz CT molecular complexity index is 1360. The van der Waals surface area contributed by atoms with Crippen molar-refractivity contribution in [2.24, 2.45) is 5.10 Å². The van der Waals surface area contributed by atoms with E-state index in [1.54, 1.807) is 6.92 Å². The minimum atomic E-state index is -0.608. The molecule has 0 unspecified atom stereocenters. The lowest BCUT2D eigenvalue weighted by Crippen LogP contribution is -2.42. The van der Waals surface area contributed by atoms with Gasteiger partial charge in [-0.15, -0.1) is 0 Å². The van der Waals surface area contributed by atoms with Gasteiger partial charge in [-0.05, 0) is 31.4 Å². The lowest BCUT2D eigenvalue weighted by Gasteiger charge is -2.13. The minimum absolute atomic E-state index is 0.0413. The highest BCUT2D eigenvalue weighted by Crippen LogP contribution is 2.29. The summed E-state index contributed by atoms with van der Waals surface area (Å²) < 4.78 is 5.78. The maximum absolute atomic E-state index is 12.7. The number of nitrogens with one attached hydrogen (secondary N) is 3. The fraction of sp³-hybridized carbons (Fsp3) is 0.200. The van der Waals surface area contributed by atoms with Crippen LogP contribution in [0.5, 0.6) is 0 Å². The van der Waals surface area contributed by atoms with Gasteiger partial charge >= 0.3 is 5.91 Å². The molecule has 3 amide bonds. The predicted molar refractivity (Wildman–Crippen MR) is 129 cm³/mol. The molecule has 0 fully saturated rings. The molecule has 1 aliphatic rings. The van der Waals surface area contributed by atoms with E-state index < -0.39 is 16.7 Å². The number of carbonyl (C=O) groups is 3. The standard InChI is InChI=1S/C25H23N5O6/c1-15-22-19(26-28-24(32)17-9-5-10-18(14-17)30(34)35)11-6-12-20(22)36-23(15)25(33)29-27-21(31)13-16-7-3-2-4-8-16/h2-5,7-10,14H,6,11-13H2,1H3,(H,27,31)(H,28,32)(H,29,33)/b26-19+. The Kier molecular flexibility index (Phi) is 7.19. The van der Waals surface area contributed by atoms with Gasteiger partial charge in [0.05, 0.1) is 17.1 Å². The van der Waals surface area contributed by atoms with Gasteiger partial charge in [0.1, 0.15) is 5.76 Å². The van der Waals surface area contributed by atoms with Crippen molar-refractivity contribution < 1.29 is 23.7 Å². The van der Waals surface area contributed by atoms with E-state index in [1.165, 1.54) is 24.3 Å². The van der Waals surface area contributed by atoms with Crippen LogP contribution in [0.15, 0.2) is 64.1 Å². The molecule has 0 atom stereocenters. The summed E-state index contributed by atoms with van der Waals surface area (Å²) in [6.07, 6.45) is 1.93. The van der Waals surface area contributed by atoms with Gasteiger partial charge in [-0.3, -0.25) is 35.3 Å². The third-order valence-corrected chi connectivity index (χ3v) is 5.67. The van der Waals surface area contributed by atoms with Crippen molar-refractivity contribution in [3.8, 4) is 0 Å². The minimum Gasteiger partial charge on any atom is -0.455 e. The average Bonchev–Trinajstić information content (AvgIpc) is 3.23.